The van der Waals surface area contributed by atoms with Gasteiger partial charge in [-0.25, -0.2) is 0 Å². The zero-order valence-electron chi connectivity index (χ0n) is 9.67. The van der Waals surface area contributed by atoms with Gasteiger partial charge < -0.3 is 15.0 Å². The predicted molar refractivity (Wildman–Crippen MR) is 62.4 cm³/mol. The summed E-state index contributed by atoms with van der Waals surface area (Å²) in [5, 5.41) is 3.85. The van der Waals surface area contributed by atoms with Crippen LogP contribution in [0.15, 0.2) is 34.9 Å². The first-order chi connectivity index (χ1) is 8.31. The molecule has 0 aliphatic carbocycles. The van der Waals surface area contributed by atoms with Crippen LogP contribution in [0, 0.1) is 0 Å². The van der Waals surface area contributed by atoms with E-state index in [4.69, 9.17) is 15.0 Å². The van der Waals surface area contributed by atoms with Crippen molar-refractivity contribution in [1.82, 2.24) is 10.1 Å². The van der Waals surface area contributed by atoms with Gasteiger partial charge in [-0.15, -0.1) is 0 Å². The van der Waals surface area contributed by atoms with Gasteiger partial charge in [0.05, 0.1) is 6.61 Å². The highest BCUT2D eigenvalue weighted by Crippen LogP contribution is 2.17. The third kappa shape index (κ3) is 2.89. The lowest BCUT2D eigenvalue weighted by molar-refractivity contribution is 0.199. The quantitative estimate of drug-likeness (QED) is 0.842. The standard InChI is InChI=1S/C12H15N3O2/c1-16-8-7-10-14-12(17-15-10)11(13)9-5-3-2-4-6-9/h2-6,11H,7-8,13H2,1H3. The van der Waals surface area contributed by atoms with Crippen LogP contribution in [0.2, 0.25) is 0 Å². The molecule has 0 saturated heterocycles. The van der Waals surface area contributed by atoms with Crippen LogP contribution >= 0.6 is 0 Å². The van der Waals surface area contributed by atoms with Gasteiger partial charge in [0.2, 0.25) is 5.89 Å². The van der Waals surface area contributed by atoms with E-state index in [1.807, 2.05) is 30.3 Å². The number of hydrogen-bond donors (Lipinski definition) is 1. The molecule has 2 N–H and O–H groups in total. The fraction of sp³-hybridized carbons (Fsp3) is 0.333. The lowest BCUT2D eigenvalue weighted by Gasteiger charge is -2.05. The summed E-state index contributed by atoms with van der Waals surface area (Å²) in [6.45, 7) is 0.569. The van der Waals surface area contributed by atoms with Gasteiger partial charge in [0.15, 0.2) is 5.82 Å². The monoisotopic (exact) mass is 233 g/mol. The Kier molecular flexibility index (Phi) is 3.85. The fourth-order valence-electron chi connectivity index (χ4n) is 1.49. The molecule has 0 saturated carbocycles. The maximum absolute atomic E-state index is 6.03. The normalized spacial score (nSPS) is 12.6. The number of ether oxygens (including phenoxy) is 1. The Morgan fingerprint density at radius 2 is 2.12 bits per heavy atom. The highest BCUT2D eigenvalue weighted by molar-refractivity contribution is 5.22. The fourth-order valence-corrected chi connectivity index (χ4v) is 1.49. The minimum atomic E-state index is -0.375. The summed E-state index contributed by atoms with van der Waals surface area (Å²) in [5.74, 6) is 1.05. The molecule has 90 valence electrons. The van der Waals surface area contributed by atoms with Crippen molar-refractivity contribution in [2.75, 3.05) is 13.7 Å². The van der Waals surface area contributed by atoms with Gasteiger partial charge in [-0.3, -0.25) is 0 Å². The summed E-state index contributed by atoms with van der Waals surface area (Å²) < 4.78 is 10.1. The lowest BCUT2D eigenvalue weighted by atomic mass is 10.1. The Bertz CT molecular complexity index is 456. The van der Waals surface area contributed by atoms with Crippen LogP contribution in [-0.2, 0) is 11.2 Å². The molecule has 1 heterocycles. The summed E-state index contributed by atoms with van der Waals surface area (Å²) in [6.07, 6.45) is 0.626. The number of aromatic nitrogens is 2. The van der Waals surface area contributed by atoms with Crippen LogP contribution in [0.1, 0.15) is 23.3 Å². The van der Waals surface area contributed by atoms with Crippen molar-refractivity contribution in [2.45, 2.75) is 12.5 Å². The van der Waals surface area contributed by atoms with E-state index in [1.54, 1.807) is 7.11 Å². The Hall–Kier alpha value is -1.72. The van der Waals surface area contributed by atoms with Gasteiger partial charge in [0, 0.05) is 13.5 Å². The molecular weight excluding hydrogens is 218 g/mol. The number of hydrogen-bond acceptors (Lipinski definition) is 5. The Labute approximate surface area is 99.6 Å². The minimum absolute atomic E-state index is 0.375. The van der Waals surface area contributed by atoms with E-state index in [-0.39, 0.29) is 6.04 Å². The molecule has 17 heavy (non-hydrogen) atoms. The molecule has 2 rings (SSSR count). The first-order valence-corrected chi connectivity index (χ1v) is 5.43. The van der Waals surface area contributed by atoms with E-state index in [2.05, 4.69) is 10.1 Å². The van der Waals surface area contributed by atoms with Crippen LogP contribution in [0.4, 0.5) is 0 Å². The van der Waals surface area contributed by atoms with Gasteiger partial charge in [-0.1, -0.05) is 35.5 Å². The predicted octanol–water partition coefficient (Wildman–Crippen LogP) is 1.31. The molecule has 0 aliphatic heterocycles. The van der Waals surface area contributed by atoms with Crippen molar-refractivity contribution in [3.63, 3.8) is 0 Å². The van der Waals surface area contributed by atoms with Gasteiger partial charge in [-0.2, -0.15) is 4.98 Å². The SMILES string of the molecule is COCCc1noc(C(N)c2ccccc2)n1. The molecule has 1 aromatic heterocycles. The molecule has 0 spiro atoms. The van der Waals surface area contributed by atoms with E-state index >= 15 is 0 Å². The molecule has 0 amide bonds. The second kappa shape index (κ2) is 5.56. The Morgan fingerprint density at radius 3 is 2.82 bits per heavy atom. The van der Waals surface area contributed by atoms with Crippen LogP contribution in [0.5, 0.6) is 0 Å². The maximum Gasteiger partial charge on any atom is 0.248 e. The molecule has 1 aromatic carbocycles. The number of benzene rings is 1. The first kappa shape index (κ1) is 11.8. The van der Waals surface area contributed by atoms with E-state index in [9.17, 15) is 0 Å². The topological polar surface area (TPSA) is 74.2 Å². The average molecular weight is 233 g/mol. The third-order valence-electron chi connectivity index (χ3n) is 2.44. The highest BCUT2D eigenvalue weighted by Gasteiger charge is 2.16. The molecule has 0 fully saturated rings. The zero-order chi connectivity index (χ0) is 12.1. The van der Waals surface area contributed by atoms with E-state index in [0.29, 0.717) is 24.7 Å². The summed E-state index contributed by atoms with van der Waals surface area (Å²) >= 11 is 0. The molecule has 2 aromatic rings. The van der Waals surface area contributed by atoms with Crippen molar-refractivity contribution < 1.29 is 9.26 Å². The van der Waals surface area contributed by atoms with Crippen molar-refractivity contribution in [3.05, 3.63) is 47.6 Å². The van der Waals surface area contributed by atoms with Gasteiger partial charge in [0.25, 0.3) is 0 Å². The minimum Gasteiger partial charge on any atom is -0.384 e. The average Bonchev–Trinajstić information content (AvgIpc) is 2.85. The molecule has 0 aliphatic rings. The second-order valence-electron chi connectivity index (χ2n) is 3.68. The summed E-state index contributed by atoms with van der Waals surface area (Å²) in [6, 6.07) is 9.29. The molecule has 0 bridgehead atoms. The second-order valence-corrected chi connectivity index (χ2v) is 3.68. The van der Waals surface area contributed by atoms with Crippen molar-refractivity contribution in [2.24, 2.45) is 5.73 Å². The first-order valence-electron chi connectivity index (χ1n) is 5.43. The van der Waals surface area contributed by atoms with Crippen LogP contribution in [0.25, 0.3) is 0 Å². The number of methoxy groups -OCH3 is 1. The van der Waals surface area contributed by atoms with E-state index < -0.39 is 0 Å². The lowest BCUT2D eigenvalue weighted by Crippen LogP contribution is -2.12. The largest absolute Gasteiger partial charge is 0.384 e. The van der Waals surface area contributed by atoms with Crippen molar-refractivity contribution >= 4 is 0 Å². The smallest absolute Gasteiger partial charge is 0.248 e. The van der Waals surface area contributed by atoms with Gasteiger partial charge in [0.1, 0.15) is 6.04 Å². The van der Waals surface area contributed by atoms with Crippen molar-refractivity contribution in [3.8, 4) is 0 Å². The maximum atomic E-state index is 6.03. The molecule has 1 unspecified atom stereocenters. The van der Waals surface area contributed by atoms with Gasteiger partial charge in [-0.05, 0) is 5.56 Å². The van der Waals surface area contributed by atoms with Crippen LogP contribution in [-0.4, -0.2) is 23.9 Å². The van der Waals surface area contributed by atoms with Gasteiger partial charge >= 0.3 is 0 Å². The summed E-state index contributed by atoms with van der Waals surface area (Å²) in [4.78, 5) is 4.24. The molecule has 1 atom stereocenters. The van der Waals surface area contributed by atoms with Crippen LogP contribution < -0.4 is 5.73 Å². The Morgan fingerprint density at radius 1 is 1.35 bits per heavy atom. The number of nitrogens with two attached hydrogens (primary N) is 1. The molecule has 0 radical (unpaired) electrons. The summed E-state index contributed by atoms with van der Waals surface area (Å²) in [7, 11) is 1.64. The van der Waals surface area contributed by atoms with E-state index in [0.717, 1.165) is 5.56 Å². The highest BCUT2D eigenvalue weighted by atomic mass is 16.5. The van der Waals surface area contributed by atoms with Crippen LogP contribution in [0.3, 0.4) is 0 Å². The number of rotatable bonds is 5. The Balaban J connectivity index is 2.09. The molecule has 5 heteroatoms. The third-order valence-corrected chi connectivity index (χ3v) is 2.44. The summed E-state index contributed by atoms with van der Waals surface area (Å²) in [5.41, 5.74) is 6.98. The molecular formula is C12H15N3O2. The number of nitrogens with zero attached hydrogens (tertiary/aromatic N) is 2. The van der Waals surface area contributed by atoms with Crippen molar-refractivity contribution in [1.29, 1.82) is 0 Å². The zero-order valence-corrected chi connectivity index (χ0v) is 9.67. The molecule has 5 nitrogen and oxygen atoms in total. The van der Waals surface area contributed by atoms with E-state index in [1.165, 1.54) is 0 Å².